The number of aryl methyl sites for hydroxylation is 1. The minimum atomic E-state index is -3.43. The number of nitrogens with zero attached hydrogens (tertiary/aromatic N) is 1. The van der Waals surface area contributed by atoms with Crippen molar-refractivity contribution in [3.8, 4) is 0 Å². The highest BCUT2D eigenvalue weighted by Gasteiger charge is 2.27. The number of benzene rings is 1. The number of rotatable bonds is 6. The Balaban J connectivity index is 1.64. The van der Waals surface area contributed by atoms with Crippen LogP contribution in [0.3, 0.4) is 0 Å². The fourth-order valence-electron chi connectivity index (χ4n) is 2.83. The molecular weight excluding hydrogens is 356 g/mol. The van der Waals surface area contributed by atoms with E-state index in [0.717, 1.165) is 24.1 Å². The van der Waals surface area contributed by atoms with Crippen molar-refractivity contribution < 1.29 is 13.2 Å². The zero-order chi connectivity index (χ0) is 17.9. The summed E-state index contributed by atoms with van der Waals surface area (Å²) in [6.07, 6.45) is 2.80. The fourth-order valence-corrected chi connectivity index (χ4v) is 5.25. The Bertz CT molecular complexity index is 835. The molecule has 0 bridgehead atoms. The average Bonchev–Trinajstić information content (AvgIpc) is 3.31. The predicted octanol–water partition coefficient (Wildman–Crippen LogP) is 3.03. The number of carbonyl (C=O) groups excluding carboxylic acids is 1. The van der Waals surface area contributed by atoms with E-state index in [-0.39, 0.29) is 10.8 Å². The number of nitrogens with one attached hydrogen (secondary N) is 1. The standard InChI is InChI=1S/C18H22N2O3S2/c1-2-15-7-8-16(24-15)13-19-18(21)14-5-9-17(10-6-14)25(22,23)20-11-3-4-12-20/h5-10H,2-4,11-13H2,1H3,(H,19,21). The molecule has 1 saturated heterocycles. The number of thiophene rings is 1. The molecule has 0 aliphatic carbocycles. The summed E-state index contributed by atoms with van der Waals surface area (Å²) < 4.78 is 26.5. The molecule has 1 N–H and O–H groups in total. The summed E-state index contributed by atoms with van der Waals surface area (Å²) in [4.78, 5) is 14.9. The molecular formula is C18H22N2O3S2. The monoisotopic (exact) mass is 378 g/mol. The third-order valence-electron chi connectivity index (χ3n) is 4.31. The predicted molar refractivity (Wildman–Crippen MR) is 99.3 cm³/mol. The fraction of sp³-hybridized carbons (Fsp3) is 0.389. The maximum Gasteiger partial charge on any atom is 0.251 e. The average molecular weight is 379 g/mol. The molecule has 1 aliphatic heterocycles. The first-order chi connectivity index (χ1) is 12.0. The summed E-state index contributed by atoms with van der Waals surface area (Å²) >= 11 is 1.69. The number of amides is 1. The summed E-state index contributed by atoms with van der Waals surface area (Å²) in [6.45, 7) is 3.74. The summed E-state index contributed by atoms with van der Waals surface area (Å²) in [5, 5.41) is 2.88. The maximum absolute atomic E-state index is 12.5. The van der Waals surface area contributed by atoms with Crippen molar-refractivity contribution in [3.05, 3.63) is 51.7 Å². The number of sulfonamides is 1. The van der Waals surface area contributed by atoms with Gasteiger partial charge in [-0.25, -0.2) is 8.42 Å². The lowest BCUT2D eigenvalue weighted by Crippen LogP contribution is -2.28. The van der Waals surface area contributed by atoms with Crippen LogP contribution >= 0.6 is 11.3 Å². The van der Waals surface area contributed by atoms with Crippen LogP contribution in [0, 0.1) is 0 Å². The Hall–Kier alpha value is -1.70. The van der Waals surface area contributed by atoms with Gasteiger partial charge in [0.05, 0.1) is 11.4 Å². The van der Waals surface area contributed by atoms with E-state index in [1.165, 1.54) is 21.3 Å². The van der Waals surface area contributed by atoms with Gasteiger partial charge < -0.3 is 5.32 Å². The quantitative estimate of drug-likeness (QED) is 0.840. The van der Waals surface area contributed by atoms with Gasteiger partial charge in [-0.15, -0.1) is 11.3 Å². The highest BCUT2D eigenvalue weighted by molar-refractivity contribution is 7.89. The summed E-state index contributed by atoms with van der Waals surface area (Å²) in [5.74, 6) is -0.198. The normalized spacial score (nSPS) is 15.4. The molecule has 0 radical (unpaired) electrons. The molecule has 25 heavy (non-hydrogen) atoms. The van der Waals surface area contributed by atoms with Crippen LogP contribution in [0.15, 0.2) is 41.3 Å². The third-order valence-corrected chi connectivity index (χ3v) is 7.45. The first-order valence-corrected chi connectivity index (χ1v) is 10.7. The van der Waals surface area contributed by atoms with Gasteiger partial charge in [0, 0.05) is 28.4 Å². The zero-order valence-corrected chi connectivity index (χ0v) is 15.8. The molecule has 2 heterocycles. The van der Waals surface area contributed by atoms with Crippen molar-refractivity contribution in [2.45, 2.75) is 37.6 Å². The number of hydrogen-bond acceptors (Lipinski definition) is 4. The first-order valence-electron chi connectivity index (χ1n) is 8.46. The van der Waals surface area contributed by atoms with Crippen LogP contribution in [0.4, 0.5) is 0 Å². The van der Waals surface area contributed by atoms with Gasteiger partial charge in [0.15, 0.2) is 0 Å². The zero-order valence-electron chi connectivity index (χ0n) is 14.2. The first kappa shape index (κ1) is 18.1. The van der Waals surface area contributed by atoms with E-state index in [4.69, 9.17) is 0 Å². The summed E-state index contributed by atoms with van der Waals surface area (Å²) in [6, 6.07) is 10.3. The Morgan fingerprint density at radius 1 is 1.08 bits per heavy atom. The van der Waals surface area contributed by atoms with Crippen molar-refractivity contribution in [2.75, 3.05) is 13.1 Å². The van der Waals surface area contributed by atoms with Crippen LogP contribution in [0.1, 0.15) is 39.9 Å². The topological polar surface area (TPSA) is 66.5 Å². The lowest BCUT2D eigenvalue weighted by molar-refractivity contribution is 0.0951. The molecule has 1 amide bonds. The highest BCUT2D eigenvalue weighted by Crippen LogP contribution is 2.21. The Morgan fingerprint density at radius 3 is 2.32 bits per heavy atom. The second kappa shape index (κ2) is 7.68. The van der Waals surface area contributed by atoms with E-state index in [1.54, 1.807) is 23.5 Å². The Kier molecular flexibility index (Phi) is 5.56. The van der Waals surface area contributed by atoms with Crippen LogP contribution in [0.25, 0.3) is 0 Å². The smallest absolute Gasteiger partial charge is 0.251 e. The van der Waals surface area contributed by atoms with Gasteiger partial charge in [0.2, 0.25) is 10.0 Å². The maximum atomic E-state index is 12.5. The van der Waals surface area contributed by atoms with Crippen LogP contribution in [0.5, 0.6) is 0 Å². The second-order valence-electron chi connectivity index (χ2n) is 6.04. The summed E-state index contributed by atoms with van der Waals surface area (Å²) in [7, 11) is -3.43. The molecule has 1 aromatic carbocycles. The number of hydrogen-bond donors (Lipinski definition) is 1. The van der Waals surface area contributed by atoms with E-state index < -0.39 is 10.0 Å². The Labute approximate surface area is 152 Å². The second-order valence-corrected chi connectivity index (χ2v) is 9.23. The van der Waals surface area contributed by atoms with Crippen LogP contribution < -0.4 is 5.32 Å². The van der Waals surface area contributed by atoms with Gasteiger partial charge in [-0.05, 0) is 55.7 Å². The van der Waals surface area contributed by atoms with Gasteiger partial charge in [-0.3, -0.25) is 4.79 Å². The molecule has 0 unspecified atom stereocenters. The van der Waals surface area contributed by atoms with Crippen molar-refractivity contribution in [2.24, 2.45) is 0 Å². The SMILES string of the molecule is CCc1ccc(CNC(=O)c2ccc(S(=O)(=O)N3CCCC3)cc2)s1. The highest BCUT2D eigenvalue weighted by atomic mass is 32.2. The number of carbonyl (C=O) groups is 1. The van der Waals surface area contributed by atoms with Crippen LogP contribution in [-0.4, -0.2) is 31.7 Å². The van der Waals surface area contributed by atoms with E-state index in [1.807, 2.05) is 6.07 Å². The molecule has 0 saturated carbocycles. The molecule has 1 fully saturated rings. The molecule has 2 aromatic rings. The van der Waals surface area contributed by atoms with Gasteiger partial charge >= 0.3 is 0 Å². The van der Waals surface area contributed by atoms with Gasteiger partial charge in [-0.1, -0.05) is 6.92 Å². The van der Waals surface area contributed by atoms with Gasteiger partial charge in [0.25, 0.3) is 5.91 Å². The molecule has 3 rings (SSSR count). The minimum absolute atomic E-state index is 0.198. The van der Waals surface area contributed by atoms with E-state index in [2.05, 4.69) is 18.3 Å². The summed E-state index contributed by atoms with van der Waals surface area (Å²) in [5.41, 5.74) is 0.465. The van der Waals surface area contributed by atoms with Crippen molar-refractivity contribution in [3.63, 3.8) is 0 Å². The molecule has 7 heteroatoms. The van der Waals surface area contributed by atoms with Gasteiger partial charge in [-0.2, -0.15) is 4.31 Å². The minimum Gasteiger partial charge on any atom is -0.347 e. The van der Waals surface area contributed by atoms with Crippen molar-refractivity contribution >= 4 is 27.3 Å². The van der Waals surface area contributed by atoms with Crippen molar-refractivity contribution in [1.82, 2.24) is 9.62 Å². The lowest BCUT2D eigenvalue weighted by Gasteiger charge is -2.15. The molecule has 0 atom stereocenters. The van der Waals surface area contributed by atoms with E-state index in [0.29, 0.717) is 25.2 Å². The third kappa shape index (κ3) is 4.11. The lowest BCUT2D eigenvalue weighted by atomic mass is 10.2. The van der Waals surface area contributed by atoms with Crippen LogP contribution in [0.2, 0.25) is 0 Å². The molecule has 1 aromatic heterocycles. The Morgan fingerprint density at radius 2 is 1.72 bits per heavy atom. The van der Waals surface area contributed by atoms with Crippen molar-refractivity contribution in [1.29, 1.82) is 0 Å². The van der Waals surface area contributed by atoms with Crippen LogP contribution in [-0.2, 0) is 23.0 Å². The molecule has 0 spiro atoms. The van der Waals surface area contributed by atoms with E-state index in [9.17, 15) is 13.2 Å². The van der Waals surface area contributed by atoms with Gasteiger partial charge in [0.1, 0.15) is 0 Å². The molecule has 134 valence electrons. The molecule has 1 aliphatic rings. The largest absolute Gasteiger partial charge is 0.347 e. The van der Waals surface area contributed by atoms with E-state index >= 15 is 0 Å². The molecule has 5 nitrogen and oxygen atoms in total.